The molecule has 0 spiro atoms. The third-order valence-electron chi connectivity index (χ3n) is 11.2. The molecule has 2 saturated heterocycles. The first-order valence-corrected chi connectivity index (χ1v) is 20.7. The van der Waals surface area contributed by atoms with Crippen molar-refractivity contribution in [3.8, 4) is 0 Å². The number of carboxylic acids is 1. The molecule has 6 rings (SSSR count). The molecule has 59 heavy (non-hydrogen) atoms. The van der Waals surface area contributed by atoms with E-state index >= 15 is 0 Å². The number of Topliss-reactive ketones (excluding diaryl/α,β-unsaturated/α-hetero) is 2. The number of hydrogen-bond acceptors (Lipinski definition) is 11. The first-order chi connectivity index (χ1) is 27.9. The molecule has 0 unspecified atom stereocenters. The van der Waals surface area contributed by atoms with E-state index in [1.54, 1.807) is 49.5 Å². The fraction of sp³-hybridized carbons (Fsp3) is 0.571. The second-order valence-electron chi connectivity index (χ2n) is 16.0. The van der Waals surface area contributed by atoms with Crippen LogP contribution in [-0.4, -0.2) is 104 Å². The van der Waals surface area contributed by atoms with Gasteiger partial charge in [0.05, 0.1) is 39.3 Å². The highest BCUT2D eigenvalue weighted by Crippen LogP contribution is 2.44. The summed E-state index contributed by atoms with van der Waals surface area (Å²) in [5, 5.41) is 9.25. The summed E-state index contributed by atoms with van der Waals surface area (Å²) < 4.78 is 25.0. The van der Waals surface area contributed by atoms with Crippen molar-refractivity contribution < 1.29 is 57.6 Å². The number of ether oxygens (including phenoxy) is 5. The van der Waals surface area contributed by atoms with E-state index in [9.17, 15) is 28.8 Å². The van der Waals surface area contributed by atoms with Crippen LogP contribution in [0.1, 0.15) is 89.2 Å². The van der Waals surface area contributed by atoms with Crippen LogP contribution < -0.4 is 0 Å². The van der Waals surface area contributed by atoms with Crippen LogP contribution in [0.25, 0.3) is 0 Å². The number of esters is 1. The van der Waals surface area contributed by atoms with Crippen LogP contribution in [0.15, 0.2) is 48.5 Å². The second kappa shape index (κ2) is 21.0. The van der Waals surface area contributed by atoms with Gasteiger partial charge in [-0.15, -0.1) is 0 Å². The average Bonchev–Trinajstić information content (AvgIpc) is 3.17. The molecule has 2 aliphatic heterocycles. The van der Waals surface area contributed by atoms with Gasteiger partial charge in [0.1, 0.15) is 11.1 Å². The Morgan fingerprint density at radius 1 is 0.678 bits per heavy atom. The van der Waals surface area contributed by atoms with Gasteiger partial charge in [-0.05, 0) is 50.7 Å². The molecule has 2 aromatic carbocycles. The first-order valence-electron chi connectivity index (χ1n) is 19.4. The molecule has 4 aliphatic rings. The number of rotatable bonds is 11. The van der Waals surface area contributed by atoms with Crippen LogP contribution in [0.2, 0.25) is 10.0 Å². The minimum Gasteiger partial charge on any atom is -0.481 e. The first kappa shape index (κ1) is 47.7. The van der Waals surface area contributed by atoms with Gasteiger partial charge in [0.25, 0.3) is 0 Å². The molecule has 2 atom stereocenters. The Hall–Kier alpha value is -3.95. The number of carboxylic acid groups (broad SMARTS) is 1. The van der Waals surface area contributed by atoms with E-state index in [-0.39, 0.29) is 41.3 Å². The van der Waals surface area contributed by atoms with Crippen molar-refractivity contribution in [2.45, 2.75) is 89.1 Å². The van der Waals surface area contributed by atoms with Gasteiger partial charge in [-0.25, -0.2) is 9.59 Å². The molecule has 2 aromatic rings. The largest absolute Gasteiger partial charge is 0.481 e. The number of amides is 2. The van der Waals surface area contributed by atoms with Crippen molar-refractivity contribution in [3.05, 3.63) is 69.7 Å². The quantitative estimate of drug-likeness (QED) is 0.131. The van der Waals surface area contributed by atoms with E-state index in [1.165, 1.54) is 16.8 Å². The number of alkyl halides is 1. The van der Waals surface area contributed by atoms with Crippen LogP contribution in [0.3, 0.4) is 0 Å². The van der Waals surface area contributed by atoms with Crippen molar-refractivity contribution >= 4 is 70.5 Å². The van der Waals surface area contributed by atoms with Crippen LogP contribution in [0, 0.1) is 10.8 Å². The molecule has 2 saturated carbocycles. The number of hydrogen-bond donors (Lipinski definition) is 1. The summed E-state index contributed by atoms with van der Waals surface area (Å²) in [5.74, 6) is -1.29. The number of halogens is 3. The monoisotopic (exact) mass is 882 g/mol. The number of ketones is 2. The van der Waals surface area contributed by atoms with Crippen molar-refractivity contribution in [3.63, 3.8) is 0 Å². The zero-order valence-electron chi connectivity index (χ0n) is 33.9. The van der Waals surface area contributed by atoms with E-state index in [1.807, 2.05) is 19.9 Å². The summed E-state index contributed by atoms with van der Waals surface area (Å²) in [7, 11) is 3.07. The van der Waals surface area contributed by atoms with Gasteiger partial charge in [0.15, 0.2) is 17.6 Å². The van der Waals surface area contributed by atoms with Gasteiger partial charge in [0, 0.05) is 58.9 Å². The maximum atomic E-state index is 13.0. The lowest BCUT2D eigenvalue weighted by Crippen LogP contribution is -2.54. The fourth-order valence-electron chi connectivity index (χ4n) is 7.83. The highest BCUT2D eigenvalue weighted by molar-refractivity contribution is 6.32. The Morgan fingerprint density at radius 3 is 1.46 bits per heavy atom. The van der Waals surface area contributed by atoms with Crippen LogP contribution >= 0.6 is 34.8 Å². The van der Waals surface area contributed by atoms with E-state index in [4.69, 9.17) is 63.6 Å². The Bertz CT molecular complexity index is 1840. The summed E-state index contributed by atoms with van der Waals surface area (Å²) in [4.78, 5) is 75.2. The third-order valence-corrected chi connectivity index (χ3v) is 11.9. The lowest BCUT2D eigenvalue weighted by molar-refractivity contribution is -0.167. The normalized spacial score (nSPS) is 22.6. The standard InChI is InChI=1S/C21H26ClNO6.C15H17Cl2NO3.C6H10O3/c1-20(12-27-13-20)11-18(25)28-14-29-19(26)23(2)21(10-6-5-9-17(21)24)15-7-3-4-8-16(15)22;1-18(14(20)21-10-16)15(9-5-4-8-13(15)19)11-6-2-3-7-12(11)17;1-6(2-5(7)8)3-9-4-6/h3-4,7-8H,5-6,9-14H2,1-2H3;2-3,6-7H,4-5,8-10H2,1H3;2-4H2,1H3,(H,7,8)/t21-;15-;/m11./s1. The minimum absolute atomic E-state index is 0.0177. The van der Waals surface area contributed by atoms with E-state index in [2.05, 4.69) is 0 Å². The predicted molar refractivity (Wildman–Crippen MR) is 218 cm³/mol. The Labute approximate surface area is 359 Å². The smallest absolute Gasteiger partial charge is 0.413 e. The number of nitrogens with zero attached hydrogens (tertiary/aromatic N) is 2. The van der Waals surface area contributed by atoms with Crippen molar-refractivity contribution in [2.24, 2.45) is 10.8 Å². The van der Waals surface area contributed by atoms with Gasteiger partial charge < -0.3 is 28.8 Å². The number of carbonyl (C=O) groups excluding carboxylic acids is 5. The maximum absolute atomic E-state index is 13.0. The molecule has 2 aliphatic carbocycles. The molecule has 2 amide bonds. The molecular formula is C42H53Cl3N2O12. The Morgan fingerprint density at radius 2 is 1.10 bits per heavy atom. The van der Waals surface area contributed by atoms with Crippen LogP contribution in [-0.2, 0) is 53.9 Å². The topological polar surface area (TPSA) is 175 Å². The predicted octanol–water partition coefficient (Wildman–Crippen LogP) is 8.11. The zero-order valence-corrected chi connectivity index (χ0v) is 36.2. The number of benzene rings is 2. The molecule has 324 valence electrons. The van der Waals surface area contributed by atoms with Gasteiger partial charge in [-0.3, -0.25) is 29.0 Å². The highest BCUT2D eigenvalue weighted by atomic mass is 35.5. The summed E-state index contributed by atoms with van der Waals surface area (Å²) >= 11 is 18.1. The lowest BCUT2D eigenvalue weighted by atomic mass is 9.74. The maximum Gasteiger partial charge on any atom is 0.413 e. The van der Waals surface area contributed by atoms with E-state index in [0.29, 0.717) is 73.3 Å². The molecule has 0 aromatic heterocycles. The molecule has 4 fully saturated rings. The molecule has 0 radical (unpaired) electrons. The average molecular weight is 884 g/mol. The van der Waals surface area contributed by atoms with Gasteiger partial charge in [-0.2, -0.15) is 0 Å². The molecule has 2 heterocycles. The van der Waals surface area contributed by atoms with Crippen LogP contribution in [0.5, 0.6) is 0 Å². The zero-order chi connectivity index (χ0) is 43.4. The second-order valence-corrected chi connectivity index (χ2v) is 17.0. The molecule has 0 bridgehead atoms. The molecule has 14 nitrogen and oxygen atoms in total. The van der Waals surface area contributed by atoms with Gasteiger partial charge >= 0.3 is 24.1 Å². The lowest BCUT2D eigenvalue weighted by Gasteiger charge is -2.43. The van der Waals surface area contributed by atoms with Gasteiger partial charge in [-0.1, -0.05) is 85.0 Å². The van der Waals surface area contributed by atoms with E-state index < -0.39 is 42.0 Å². The highest BCUT2D eigenvalue weighted by Gasteiger charge is 2.50. The molecular weight excluding hydrogens is 831 g/mol. The third kappa shape index (κ3) is 11.5. The number of likely N-dealkylation sites (N-methyl/N-ethyl adjacent to an activating group) is 2. The molecule has 1 N–H and O–H groups in total. The SMILES string of the molecule is CC1(CC(=O)O)COC1.CN(C(=O)OCCl)[C@@]1(c2ccccc2Cl)CCCCC1=O.CN(C(=O)OCOC(=O)CC1(C)COC1)[C@@]1(c2ccccc2Cl)CCCCC1=O. The number of carbonyl (C=O) groups is 6. The van der Waals surface area contributed by atoms with Crippen LogP contribution in [0.4, 0.5) is 9.59 Å². The summed E-state index contributed by atoms with van der Waals surface area (Å²) in [6.07, 6.45) is 4.05. The van der Waals surface area contributed by atoms with Crippen molar-refractivity contribution in [1.29, 1.82) is 0 Å². The van der Waals surface area contributed by atoms with Crippen molar-refractivity contribution in [1.82, 2.24) is 9.80 Å². The Balaban J connectivity index is 0.000000222. The summed E-state index contributed by atoms with van der Waals surface area (Å²) in [5.41, 5.74) is -1.33. The molecule has 17 heteroatoms. The van der Waals surface area contributed by atoms with E-state index in [0.717, 1.165) is 25.7 Å². The fourth-order valence-corrected chi connectivity index (χ4v) is 8.50. The van der Waals surface area contributed by atoms with Gasteiger partial charge in [0.2, 0.25) is 6.79 Å². The Kier molecular flexibility index (Phi) is 17.0. The summed E-state index contributed by atoms with van der Waals surface area (Å²) in [6, 6.07) is 13.9. The number of aliphatic carboxylic acids is 1. The summed E-state index contributed by atoms with van der Waals surface area (Å²) in [6.45, 7) is 5.55. The minimum atomic E-state index is -1.19. The van der Waals surface area contributed by atoms with Crippen molar-refractivity contribution in [2.75, 3.05) is 53.4 Å².